The summed E-state index contributed by atoms with van der Waals surface area (Å²) in [5.41, 5.74) is 2.34. The number of β-amino-alcohol motifs (C(OH)–C–C–N with tert-alkyl or cyclic N) is 2. The average Bonchev–Trinajstić information content (AvgIpc) is 2.69. The number of aliphatic hydroxyl groups excluding tert-OH is 2. The topological polar surface area (TPSA) is 69.5 Å². The molecule has 1 aromatic heterocycles. The zero-order valence-electron chi connectivity index (χ0n) is 9.71. The van der Waals surface area contributed by atoms with Crippen LogP contribution in [0.25, 0.3) is 0 Å². The molecular weight excluding hydrogens is 218 g/mol. The van der Waals surface area contributed by atoms with Gasteiger partial charge in [-0.1, -0.05) is 0 Å². The largest absolute Gasteiger partial charge is 0.389 e. The minimum absolute atomic E-state index is 0.463. The Balaban J connectivity index is 1.93. The van der Waals surface area contributed by atoms with Crippen molar-refractivity contribution in [2.45, 2.75) is 37.9 Å². The Bertz CT molecular complexity index is 414. The lowest BCUT2D eigenvalue weighted by Crippen LogP contribution is -2.25. The molecule has 5 nitrogen and oxygen atoms in total. The molecule has 0 radical (unpaired) electrons. The van der Waals surface area contributed by atoms with Gasteiger partial charge in [-0.2, -0.15) is 0 Å². The van der Waals surface area contributed by atoms with E-state index in [4.69, 9.17) is 0 Å². The van der Waals surface area contributed by atoms with Crippen LogP contribution in [0.3, 0.4) is 0 Å². The van der Waals surface area contributed by atoms with Crippen molar-refractivity contribution in [2.24, 2.45) is 0 Å². The Labute approximate surface area is 100 Å². The van der Waals surface area contributed by atoms with Crippen LogP contribution >= 0.6 is 0 Å². The van der Waals surface area contributed by atoms with Gasteiger partial charge in [0.05, 0.1) is 12.2 Å². The quantitative estimate of drug-likeness (QED) is 0.711. The second-order valence-electron chi connectivity index (χ2n) is 4.87. The molecule has 3 rings (SSSR count). The van der Waals surface area contributed by atoms with E-state index in [-0.39, 0.29) is 0 Å². The van der Waals surface area contributed by atoms with Gasteiger partial charge in [-0.05, 0) is 25.7 Å². The predicted octanol–water partition coefficient (Wildman–Crippen LogP) is -0.103. The SMILES string of the molecule is OC1CN(c2ncnc3c2CCCC3)CC1O. The number of hydrogen-bond donors (Lipinski definition) is 2. The van der Waals surface area contributed by atoms with Gasteiger partial charge in [-0.15, -0.1) is 0 Å². The predicted molar refractivity (Wildman–Crippen MR) is 62.9 cm³/mol. The van der Waals surface area contributed by atoms with Crippen LogP contribution in [0.15, 0.2) is 6.33 Å². The number of rotatable bonds is 1. The highest BCUT2D eigenvalue weighted by molar-refractivity contribution is 5.50. The third kappa shape index (κ3) is 1.89. The fourth-order valence-electron chi connectivity index (χ4n) is 2.72. The second-order valence-corrected chi connectivity index (χ2v) is 4.87. The summed E-state index contributed by atoms with van der Waals surface area (Å²) in [6, 6.07) is 0. The maximum Gasteiger partial charge on any atom is 0.135 e. The first-order valence-corrected chi connectivity index (χ1v) is 6.19. The smallest absolute Gasteiger partial charge is 0.135 e. The van der Waals surface area contributed by atoms with Crippen LogP contribution in [0.5, 0.6) is 0 Å². The lowest BCUT2D eigenvalue weighted by atomic mass is 9.96. The number of aryl methyl sites for hydroxylation is 1. The fourth-order valence-corrected chi connectivity index (χ4v) is 2.72. The summed E-state index contributed by atoms with van der Waals surface area (Å²) < 4.78 is 0. The first kappa shape index (κ1) is 10.9. The van der Waals surface area contributed by atoms with E-state index in [9.17, 15) is 10.2 Å². The molecule has 1 aliphatic carbocycles. The monoisotopic (exact) mass is 235 g/mol. The van der Waals surface area contributed by atoms with Crippen molar-refractivity contribution in [3.05, 3.63) is 17.6 Å². The normalized spacial score (nSPS) is 28.2. The molecule has 1 fully saturated rings. The van der Waals surface area contributed by atoms with Crippen molar-refractivity contribution < 1.29 is 10.2 Å². The summed E-state index contributed by atoms with van der Waals surface area (Å²) in [6.07, 6.45) is 4.66. The van der Waals surface area contributed by atoms with E-state index in [2.05, 4.69) is 9.97 Å². The highest BCUT2D eigenvalue weighted by atomic mass is 16.3. The summed E-state index contributed by atoms with van der Waals surface area (Å²) in [7, 11) is 0. The molecule has 2 N–H and O–H groups in total. The number of fused-ring (bicyclic) bond motifs is 1. The van der Waals surface area contributed by atoms with E-state index in [0.717, 1.165) is 24.4 Å². The van der Waals surface area contributed by atoms with Gasteiger partial charge >= 0.3 is 0 Å². The molecule has 0 amide bonds. The van der Waals surface area contributed by atoms with Gasteiger partial charge in [0.25, 0.3) is 0 Å². The van der Waals surface area contributed by atoms with Gasteiger partial charge in [-0.3, -0.25) is 0 Å². The van der Waals surface area contributed by atoms with E-state index in [1.165, 1.54) is 18.4 Å². The Kier molecular flexibility index (Phi) is 2.72. The molecule has 1 aromatic rings. The lowest BCUT2D eigenvalue weighted by molar-refractivity contribution is 0.0572. The van der Waals surface area contributed by atoms with E-state index >= 15 is 0 Å². The van der Waals surface area contributed by atoms with Crippen LogP contribution in [0, 0.1) is 0 Å². The summed E-state index contributed by atoms with van der Waals surface area (Å²) in [5.74, 6) is 0.908. The van der Waals surface area contributed by atoms with Crippen molar-refractivity contribution >= 4 is 5.82 Å². The molecular formula is C12H17N3O2. The molecule has 2 unspecified atom stereocenters. The minimum atomic E-state index is -0.663. The van der Waals surface area contributed by atoms with Crippen LogP contribution in [0.4, 0.5) is 5.82 Å². The first-order chi connectivity index (χ1) is 8.25. The van der Waals surface area contributed by atoms with E-state index < -0.39 is 12.2 Å². The Morgan fingerprint density at radius 2 is 1.76 bits per heavy atom. The number of hydrogen-bond acceptors (Lipinski definition) is 5. The molecule has 17 heavy (non-hydrogen) atoms. The molecule has 5 heteroatoms. The highest BCUT2D eigenvalue weighted by Crippen LogP contribution is 2.29. The Morgan fingerprint density at radius 1 is 1.06 bits per heavy atom. The Morgan fingerprint density at radius 3 is 2.53 bits per heavy atom. The summed E-state index contributed by atoms with van der Waals surface area (Å²) in [5, 5.41) is 19.2. The van der Waals surface area contributed by atoms with Gasteiger partial charge in [0, 0.05) is 24.3 Å². The zero-order valence-corrected chi connectivity index (χ0v) is 9.71. The van der Waals surface area contributed by atoms with Gasteiger partial charge < -0.3 is 15.1 Å². The molecule has 0 bridgehead atoms. The van der Waals surface area contributed by atoms with Gasteiger partial charge in [0.2, 0.25) is 0 Å². The van der Waals surface area contributed by atoms with E-state index in [1.54, 1.807) is 6.33 Å². The molecule has 2 aliphatic rings. The highest BCUT2D eigenvalue weighted by Gasteiger charge is 2.32. The fraction of sp³-hybridized carbons (Fsp3) is 0.667. The van der Waals surface area contributed by atoms with Gasteiger partial charge in [0.1, 0.15) is 12.1 Å². The summed E-state index contributed by atoms with van der Waals surface area (Å²) in [6.45, 7) is 0.926. The summed E-state index contributed by atoms with van der Waals surface area (Å²) in [4.78, 5) is 10.6. The van der Waals surface area contributed by atoms with Crippen molar-refractivity contribution in [1.29, 1.82) is 0 Å². The number of anilines is 1. The van der Waals surface area contributed by atoms with Crippen molar-refractivity contribution in [3.63, 3.8) is 0 Å². The zero-order chi connectivity index (χ0) is 11.8. The van der Waals surface area contributed by atoms with Crippen molar-refractivity contribution in [3.8, 4) is 0 Å². The van der Waals surface area contributed by atoms with Crippen LogP contribution in [0.2, 0.25) is 0 Å². The first-order valence-electron chi connectivity index (χ1n) is 6.19. The van der Waals surface area contributed by atoms with E-state index in [1.807, 2.05) is 4.90 Å². The van der Waals surface area contributed by atoms with E-state index in [0.29, 0.717) is 13.1 Å². The number of nitrogens with zero attached hydrogens (tertiary/aromatic N) is 3. The second kappa shape index (κ2) is 4.23. The van der Waals surface area contributed by atoms with Crippen LogP contribution < -0.4 is 4.90 Å². The van der Waals surface area contributed by atoms with Crippen LogP contribution in [0.1, 0.15) is 24.1 Å². The third-order valence-electron chi connectivity index (χ3n) is 3.66. The standard InChI is InChI=1S/C12H17N3O2/c16-10-5-15(6-11(10)17)12-8-3-1-2-4-9(8)13-7-14-12/h7,10-11,16-17H,1-6H2. The molecule has 2 heterocycles. The van der Waals surface area contributed by atoms with Gasteiger partial charge in [-0.25, -0.2) is 9.97 Å². The molecule has 92 valence electrons. The number of aliphatic hydroxyl groups is 2. The van der Waals surface area contributed by atoms with Crippen molar-refractivity contribution in [2.75, 3.05) is 18.0 Å². The molecule has 1 aliphatic heterocycles. The molecule has 0 spiro atoms. The lowest BCUT2D eigenvalue weighted by Gasteiger charge is -2.23. The maximum absolute atomic E-state index is 9.60. The minimum Gasteiger partial charge on any atom is -0.389 e. The van der Waals surface area contributed by atoms with Gasteiger partial charge in [0.15, 0.2) is 0 Å². The van der Waals surface area contributed by atoms with Crippen molar-refractivity contribution in [1.82, 2.24) is 9.97 Å². The average molecular weight is 235 g/mol. The maximum atomic E-state index is 9.60. The molecule has 1 saturated heterocycles. The van der Waals surface area contributed by atoms with Crippen LogP contribution in [-0.4, -0.2) is 45.5 Å². The molecule has 2 atom stereocenters. The summed E-state index contributed by atoms with van der Waals surface area (Å²) >= 11 is 0. The Hall–Kier alpha value is -1.20. The third-order valence-corrected chi connectivity index (χ3v) is 3.66. The molecule has 0 saturated carbocycles. The number of aromatic nitrogens is 2. The molecule has 0 aromatic carbocycles. The van der Waals surface area contributed by atoms with Crippen LogP contribution in [-0.2, 0) is 12.8 Å².